The second-order valence-electron chi connectivity index (χ2n) is 12.0. The SMILES string of the molecule is COc1ccc(C(OCC2CCC(n3cnc4c(NC(=O)c5ccccc5)ncnc43)C2)(c2ccccc2)c2ccc(OC)cc2)cc1. The minimum atomic E-state index is -0.862. The van der Waals surface area contributed by atoms with Gasteiger partial charge in [0.25, 0.3) is 5.91 Å². The number of nitrogens with zero attached hydrogens (tertiary/aromatic N) is 4. The van der Waals surface area contributed by atoms with Crippen molar-refractivity contribution in [3.63, 3.8) is 0 Å². The molecule has 0 bridgehead atoms. The minimum Gasteiger partial charge on any atom is -0.497 e. The molecule has 0 radical (unpaired) electrons. The predicted molar refractivity (Wildman–Crippen MR) is 184 cm³/mol. The standard InChI is InChI=1S/C39H37N5O4/c1-46-33-19-14-30(15-20-33)39(29-11-7-4-8-12-29,31-16-21-34(47-2)22-17-31)48-24-27-13-18-32(23-27)44-26-42-35-36(40-25-41-37(35)44)43-38(45)28-9-5-3-6-10-28/h3-12,14-17,19-22,25-27,32H,13,18,23-24H2,1-2H3,(H,40,41,43,45). The van der Waals surface area contributed by atoms with E-state index in [-0.39, 0.29) is 11.9 Å². The van der Waals surface area contributed by atoms with Crippen molar-refractivity contribution in [3.05, 3.63) is 144 Å². The van der Waals surface area contributed by atoms with Gasteiger partial charge in [0.15, 0.2) is 17.0 Å². The van der Waals surface area contributed by atoms with E-state index in [0.717, 1.165) is 47.5 Å². The fourth-order valence-corrected chi connectivity index (χ4v) is 6.75. The number of anilines is 1. The Morgan fingerprint density at radius 2 is 1.38 bits per heavy atom. The third-order valence-electron chi connectivity index (χ3n) is 9.24. The minimum absolute atomic E-state index is 0.185. The number of fused-ring (bicyclic) bond motifs is 1. The molecule has 9 heteroatoms. The maximum atomic E-state index is 12.9. The highest BCUT2D eigenvalue weighted by atomic mass is 16.5. The van der Waals surface area contributed by atoms with Crippen LogP contribution in [0.25, 0.3) is 11.2 Å². The lowest BCUT2D eigenvalue weighted by molar-refractivity contribution is -0.00767. The number of ether oxygens (including phenoxy) is 3. The van der Waals surface area contributed by atoms with Crippen molar-refractivity contribution in [2.45, 2.75) is 30.9 Å². The number of hydrogen-bond donors (Lipinski definition) is 1. The number of rotatable bonds is 11. The van der Waals surface area contributed by atoms with Gasteiger partial charge in [-0.05, 0) is 78.3 Å². The Hall–Kier alpha value is -5.54. The maximum absolute atomic E-state index is 12.9. The summed E-state index contributed by atoms with van der Waals surface area (Å²) in [7, 11) is 3.35. The first-order chi connectivity index (χ1) is 23.6. The van der Waals surface area contributed by atoms with Crippen LogP contribution in [0.5, 0.6) is 11.5 Å². The van der Waals surface area contributed by atoms with Gasteiger partial charge in [0.05, 0.1) is 27.2 Å². The summed E-state index contributed by atoms with van der Waals surface area (Å²) in [6.07, 6.45) is 6.14. The van der Waals surface area contributed by atoms with Crippen LogP contribution in [0.2, 0.25) is 0 Å². The van der Waals surface area contributed by atoms with Crippen molar-refractivity contribution in [2.75, 3.05) is 26.1 Å². The molecule has 4 aromatic carbocycles. The Morgan fingerprint density at radius 1 is 0.771 bits per heavy atom. The number of methoxy groups -OCH3 is 2. The van der Waals surface area contributed by atoms with E-state index in [0.29, 0.717) is 35.1 Å². The fraction of sp³-hybridized carbons (Fsp3) is 0.231. The summed E-state index contributed by atoms with van der Waals surface area (Å²) in [6, 6.07) is 35.9. The van der Waals surface area contributed by atoms with E-state index in [4.69, 9.17) is 14.2 Å². The van der Waals surface area contributed by atoms with Gasteiger partial charge in [-0.2, -0.15) is 0 Å². The van der Waals surface area contributed by atoms with Crippen LogP contribution in [0.3, 0.4) is 0 Å². The van der Waals surface area contributed by atoms with Gasteiger partial charge in [-0.15, -0.1) is 0 Å². The lowest BCUT2D eigenvalue weighted by Crippen LogP contribution is -2.34. The van der Waals surface area contributed by atoms with E-state index in [1.54, 1.807) is 26.4 Å². The molecule has 2 unspecified atom stereocenters. The van der Waals surface area contributed by atoms with E-state index >= 15 is 0 Å². The number of carbonyl (C=O) groups excluding carboxylic acids is 1. The first-order valence-electron chi connectivity index (χ1n) is 16.1. The highest BCUT2D eigenvalue weighted by Gasteiger charge is 2.39. The fourth-order valence-electron chi connectivity index (χ4n) is 6.75. The molecule has 9 nitrogen and oxygen atoms in total. The quantitative estimate of drug-likeness (QED) is 0.147. The van der Waals surface area contributed by atoms with E-state index < -0.39 is 5.60 Å². The zero-order valence-corrected chi connectivity index (χ0v) is 27.0. The van der Waals surface area contributed by atoms with E-state index in [1.165, 1.54) is 6.33 Å². The van der Waals surface area contributed by atoms with Crippen LogP contribution in [-0.2, 0) is 10.3 Å². The molecule has 48 heavy (non-hydrogen) atoms. The third-order valence-corrected chi connectivity index (χ3v) is 9.24. The van der Waals surface area contributed by atoms with Crippen molar-refractivity contribution in [1.82, 2.24) is 19.5 Å². The molecule has 2 atom stereocenters. The molecule has 0 spiro atoms. The summed E-state index contributed by atoms with van der Waals surface area (Å²) in [5.41, 5.74) is 4.03. The molecular weight excluding hydrogens is 602 g/mol. The number of hydrogen-bond acceptors (Lipinski definition) is 7. The van der Waals surface area contributed by atoms with Gasteiger partial charge in [0, 0.05) is 11.6 Å². The second kappa shape index (κ2) is 13.7. The first kappa shape index (κ1) is 31.1. The zero-order chi connectivity index (χ0) is 32.9. The average molecular weight is 640 g/mol. The molecule has 1 aliphatic carbocycles. The van der Waals surface area contributed by atoms with Gasteiger partial charge >= 0.3 is 0 Å². The Balaban J connectivity index is 1.15. The van der Waals surface area contributed by atoms with Gasteiger partial charge in [0.1, 0.15) is 23.4 Å². The Kier molecular flexibility index (Phi) is 8.85. The summed E-state index contributed by atoms with van der Waals surface area (Å²) in [6.45, 7) is 0.545. The van der Waals surface area contributed by atoms with Gasteiger partial charge in [-0.3, -0.25) is 4.79 Å². The van der Waals surface area contributed by atoms with Crippen molar-refractivity contribution in [3.8, 4) is 11.5 Å². The van der Waals surface area contributed by atoms with Crippen LogP contribution in [0, 0.1) is 5.92 Å². The summed E-state index contributed by atoms with van der Waals surface area (Å²) in [5, 5.41) is 2.91. The van der Waals surface area contributed by atoms with Gasteiger partial charge in [0.2, 0.25) is 0 Å². The average Bonchev–Trinajstić information content (AvgIpc) is 3.81. The Bertz CT molecular complexity index is 1930. The number of benzene rings is 4. The number of carbonyl (C=O) groups is 1. The molecule has 2 heterocycles. The van der Waals surface area contributed by atoms with Crippen LogP contribution < -0.4 is 14.8 Å². The molecule has 6 aromatic rings. The summed E-state index contributed by atoms with van der Waals surface area (Å²) < 4.78 is 20.3. The topological polar surface area (TPSA) is 100 Å². The normalized spacial score (nSPS) is 16.1. The van der Waals surface area contributed by atoms with Crippen molar-refractivity contribution in [1.29, 1.82) is 0 Å². The van der Waals surface area contributed by atoms with Crippen molar-refractivity contribution < 1.29 is 19.0 Å². The molecule has 1 aliphatic rings. The predicted octanol–water partition coefficient (Wildman–Crippen LogP) is 7.45. The highest BCUT2D eigenvalue weighted by molar-refractivity contribution is 6.06. The lowest BCUT2D eigenvalue weighted by atomic mass is 9.80. The lowest BCUT2D eigenvalue weighted by Gasteiger charge is -2.37. The van der Waals surface area contributed by atoms with Crippen LogP contribution >= 0.6 is 0 Å². The van der Waals surface area contributed by atoms with Gasteiger partial charge in [-0.25, -0.2) is 15.0 Å². The third kappa shape index (κ3) is 6.00. The highest BCUT2D eigenvalue weighted by Crippen LogP contribution is 2.44. The van der Waals surface area contributed by atoms with E-state index in [1.807, 2.05) is 54.9 Å². The van der Waals surface area contributed by atoms with Crippen LogP contribution in [0.4, 0.5) is 5.82 Å². The Labute approximate surface area is 279 Å². The van der Waals surface area contributed by atoms with Crippen LogP contribution in [-0.4, -0.2) is 46.3 Å². The molecule has 242 valence electrons. The zero-order valence-electron chi connectivity index (χ0n) is 27.0. The molecule has 0 aliphatic heterocycles. The summed E-state index contributed by atoms with van der Waals surface area (Å²) >= 11 is 0. The molecule has 0 saturated heterocycles. The molecular formula is C39H37N5O4. The first-order valence-corrected chi connectivity index (χ1v) is 16.1. The molecule has 1 saturated carbocycles. The van der Waals surface area contributed by atoms with Crippen molar-refractivity contribution in [2.24, 2.45) is 5.92 Å². The van der Waals surface area contributed by atoms with Crippen LogP contribution in [0.15, 0.2) is 122 Å². The summed E-state index contributed by atoms with van der Waals surface area (Å²) in [4.78, 5) is 26.4. The molecule has 1 amide bonds. The van der Waals surface area contributed by atoms with E-state index in [9.17, 15) is 4.79 Å². The molecule has 1 N–H and O–H groups in total. The largest absolute Gasteiger partial charge is 0.497 e. The number of nitrogens with one attached hydrogen (secondary N) is 1. The maximum Gasteiger partial charge on any atom is 0.256 e. The van der Waals surface area contributed by atoms with E-state index in [2.05, 4.69) is 73.4 Å². The number of imidazole rings is 1. The van der Waals surface area contributed by atoms with Gasteiger partial charge in [-0.1, -0.05) is 72.8 Å². The van der Waals surface area contributed by atoms with Crippen molar-refractivity contribution >= 4 is 22.9 Å². The second-order valence-corrected chi connectivity index (χ2v) is 12.0. The summed E-state index contributed by atoms with van der Waals surface area (Å²) in [5.74, 6) is 2.03. The number of aromatic nitrogens is 4. The molecule has 7 rings (SSSR count). The Morgan fingerprint density at radius 3 is 2.00 bits per heavy atom. The smallest absolute Gasteiger partial charge is 0.256 e. The van der Waals surface area contributed by atoms with Crippen LogP contribution in [0.1, 0.15) is 52.4 Å². The van der Waals surface area contributed by atoms with Gasteiger partial charge < -0.3 is 24.1 Å². The molecule has 2 aromatic heterocycles. The monoisotopic (exact) mass is 639 g/mol. The number of amides is 1. The molecule has 1 fully saturated rings.